The summed E-state index contributed by atoms with van der Waals surface area (Å²) >= 11 is 0. The Morgan fingerprint density at radius 2 is 1.67 bits per heavy atom. The number of hydrogen-bond donors (Lipinski definition) is 1. The van der Waals surface area contributed by atoms with Crippen molar-refractivity contribution >= 4 is 17.5 Å². The van der Waals surface area contributed by atoms with E-state index >= 15 is 0 Å². The van der Waals surface area contributed by atoms with Crippen molar-refractivity contribution in [3.05, 3.63) is 96.3 Å². The number of aromatic nitrogens is 3. The number of pyridine rings is 1. The smallest absolute Gasteiger partial charge is 0.232 e. The van der Waals surface area contributed by atoms with Gasteiger partial charge in [0.1, 0.15) is 5.82 Å². The summed E-state index contributed by atoms with van der Waals surface area (Å²) in [7, 11) is 0. The Morgan fingerprint density at radius 1 is 0.867 bits per heavy atom. The van der Waals surface area contributed by atoms with E-state index in [1.165, 1.54) is 5.56 Å². The molecular weight excluding hydrogens is 370 g/mol. The first-order valence-corrected chi connectivity index (χ1v) is 10.1. The van der Waals surface area contributed by atoms with E-state index in [1.807, 2.05) is 36.4 Å². The summed E-state index contributed by atoms with van der Waals surface area (Å²) in [4.78, 5) is 16.0. The normalized spacial score (nSPS) is 10.6. The Morgan fingerprint density at radius 3 is 2.40 bits per heavy atom. The standard InChI is InChI=1S/C25H25N5/c1-3-30(22-11-7-8-19(2)16-22)25-28-23(21-9-5-4-6-10-21)17-24(29-25)27-18-20-12-14-26-15-13-20/h4-17H,3,18H2,1-2H3,(H,27,28,29). The van der Waals surface area contributed by atoms with E-state index in [1.54, 1.807) is 12.4 Å². The molecule has 0 aliphatic rings. The summed E-state index contributed by atoms with van der Waals surface area (Å²) in [6.45, 7) is 5.65. The molecule has 1 N–H and O–H groups in total. The van der Waals surface area contributed by atoms with Gasteiger partial charge in [-0.1, -0.05) is 42.5 Å². The van der Waals surface area contributed by atoms with Crippen LogP contribution in [0.1, 0.15) is 18.1 Å². The molecule has 0 fully saturated rings. The van der Waals surface area contributed by atoms with Crippen LogP contribution < -0.4 is 10.2 Å². The molecule has 5 heteroatoms. The van der Waals surface area contributed by atoms with E-state index in [0.29, 0.717) is 12.5 Å². The lowest BCUT2D eigenvalue weighted by Gasteiger charge is -2.23. The van der Waals surface area contributed by atoms with Gasteiger partial charge < -0.3 is 10.2 Å². The first-order valence-electron chi connectivity index (χ1n) is 10.1. The van der Waals surface area contributed by atoms with E-state index in [2.05, 4.69) is 65.4 Å². The van der Waals surface area contributed by atoms with Crippen LogP contribution in [0.25, 0.3) is 11.3 Å². The molecule has 2 aromatic carbocycles. The van der Waals surface area contributed by atoms with Crippen molar-refractivity contribution < 1.29 is 0 Å². The minimum atomic E-state index is 0.670. The van der Waals surface area contributed by atoms with Gasteiger partial charge in [0.25, 0.3) is 0 Å². The van der Waals surface area contributed by atoms with Gasteiger partial charge in [0.2, 0.25) is 5.95 Å². The molecule has 0 bridgehead atoms. The van der Waals surface area contributed by atoms with Gasteiger partial charge in [-0.05, 0) is 49.2 Å². The highest BCUT2D eigenvalue weighted by Gasteiger charge is 2.14. The van der Waals surface area contributed by atoms with Crippen LogP contribution in [-0.4, -0.2) is 21.5 Å². The maximum Gasteiger partial charge on any atom is 0.232 e. The molecule has 4 aromatic rings. The van der Waals surface area contributed by atoms with Crippen LogP contribution in [0.3, 0.4) is 0 Å². The average molecular weight is 396 g/mol. The maximum atomic E-state index is 4.90. The fraction of sp³-hybridized carbons (Fsp3) is 0.160. The Labute approximate surface area is 177 Å². The molecule has 0 radical (unpaired) electrons. The second-order valence-electron chi connectivity index (χ2n) is 7.10. The third kappa shape index (κ3) is 4.63. The molecule has 0 saturated carbocycles. The molecule has 2 aromatic heterocycles. The highest BCUT2D eigenvalue weighted by Crippen LogP contribution is 2.28. The van der Waals surface area contributed by atoms with Gasteiger partial charge in [-0.25, -0.2) is 4.98 Å². The first kappa shape index (κ1) is 19.6. The van der Waals surface area contributed by atoms with Gasteiger partial charge >= 0.3 is 0 Å². The third-order valence-electron chi connectivity index (χ3n) is 4.88. The lowest BCUT2D eigenvalue weighted by atomic mass is 10.1. The molecule has 0 saturated heterocycles. The molecule has 150 valence electrons. The minimum absolute atomic E-state index is 0.670. The average Bonchev–Trinajstić information content (AvgIpc) is 2.79. The molecule has 5 nitrogen and oxygen atoms in total. The Bertz CT molecular complexity index is 1100. The largest absolute Gasteiger partial charge is 0.366 e. The molecular formula is C25H25N5. The van der Waals surface area contributed by atoms with Gasteiger partial charge in [0.05, 0.1) is 5.69 Å². The number of nitrogens with zero attached hydrogens (tertiary/aromatic N) is 4. The van der Waals surface area contributed by atoms with E-state index < -0.39 is 0 Å². The quantitative estimate of drug-likeness (QED) is 0.440. The summed E-state index contributed by atoms with van der Waals surface area (Å²) in [6, 6.07) is 24.6. The zero-order valence-electron chi connectivity index (χ0n) is 17.3. The number of anilines is 3. The van der Waals surface area contributed by atoms with Crippen LogP contribution in [0.15, 0.2) is 85.2 Å². The van der Waals surface area contributed by atoms with Crippen LogP contribution in [0.4, 0.5) is 17.5 Å². The summed E-state index contributed by atoms with van der Waals surface area (Å²) in [5, 5.41) is 3.45. The zero-order chi connectivity index (χ0) is 20.8. The molecule has 0 spiro atoms. The number of rotatable bonds is 7. The predicted molar refractivity (Wildman–Crippen MR) is 123 cm³/mol. The van der Waals surface area contributed by atoms with Crippen LogP contribution in [0.5, 0.6) is 0 Å². The predicted octanol–water partition coefficient (Wildman–Crippen LogP) is 5.62. The topological polar surface area (TPSA) is 53.9 Å². The number of aryl methyl sites for hydroxylation is 1. The van der Waals surface area contributed by atoms with Gasteiger partial charge in [0, 0.05) is 42.8 Å². The van der Waals surface area contributed by atoms with Gasteiger partial charge in [-0.3, -0.25) is 4.98 Å². The summed E-state index contributed by atoms with van der Waals surface area (Å²) in [5.41, 5.74) is 5.40. The highest BCUT2D eigenvalue weighted by atomic mass is 15.3. The van der Waals surface area contributed by atoms with Crippen LogP contribution in [-0.2, 0) is 6.54 Å². The van der Waals surface area contributed by atoms with Crippen molar-refractivity contribution in [2.45, 2.75) is 20.4 Å². The van der Waals surface area contributed by atoms with Gasteiger partial charge in [-0.15, -0.1) is 0 Å². The Hall–Kier alpha value is -3.73. The van der Waals surface area contributed by atoms with Crippen molar-refractivity contribution in [3.63, 3.8) is 0 Å². The molecule has 0 unspecified atom stereocenters. The molecule has 0 atom stereocenters. The van der Waals surface area contributed by atoms with Crippen molar-refractivity contribution in [2.24, 2.45) is 0 Å². The summed E-state index contributed by atoms with van der Waals surface area (Å²) < 4.78 is 0. The van der Waals surface area contributed by atoms with Crippen LogP contribution in [0.2, 0.25) is 0 Å². The van der Waals surface area contributed by atoms with Gasteiger partial charge in [-0.2, -0.15) is 4.98 Å². The second-order valence-corrected chi connectivity index (χ2v) is 7.10. The highest BCUT2D eigenvalue weighted by molar-refractivity contribution is 5.67. The van der Waals surface area contributed by atoms with Crippen molar-refractivity contribution in [3.8, 4) is 11.3 Å². The molecule has 0 aliphatic carbocycles. The van der Waals surface area contributed by atoms with Crippen LogP contribution >= 0.6 is 0 Å². The van der Waals surface area contributed by atoms with Crippen molar-refractivity contribution in [1.82, 2.24) is 15.0 Å². The van der Waals surface area contributed by atoms with E-state index in [0.717, 1.165) is 34.9 Å². The Balaban J connectivity index is 1.73. The third-order valence-corrected chi connectivity index (χ3v) is 4.88. The fourth-order valence-corrected chi connectivity index (χ4v) is 3.33. The number of hydrogen-bond acceptors (Lipinski definition) is 5. The second kappa shape index (κ2) is 9.18. The SMILES string of the molecule is CCN(c1cccc(C)c1)c1nc(NCc2ccncc2)cc(-c2ccccc2)n1. The van der Waals surface area contributed by atoms with E-state index in [-0.39, 0.29) is 0 Å². The molecule has 2 heterocycles. The minimum Gasteiger partial charge on any atom is -0.366 e. The first-order chi connectivity index (χ1) is 14.7. The maximum absolute atomic E-state index is 4.90. The Kier molecular flexibility index (Phi) is 5.99. The van der Waals surface area contributed by atoms with Crippen molar-refractivity contribution in [2.75, 3.05) is 16.8 Å². The fourth-order valence-electron chi connectivity index (χ4n) is 3.33. The number of benzene rings is 2. The van der Waals surface area contributed by atoms with E-state index in [4.69, 9.17) is 9.97 Å². The van der Waals surface area contributed by atoms with Crippen LogP contribution in [0, 0.1) is 6.92 Å². The molecule has 4 rings (SSSR count). The monoisotopic (exact) mass is 395 g/mol. The summed E-state index contributed by atoms with van der Waals surface area (Å²) in [6.07, 6.45) is 3.60. The van der Waals surface area contributed by atoms with Gasteiger partial charge in [0.15, 0.2) is 0 Å². The lowest BCUT2D eigenvalue weighted by Crippen LogP contribution is -2.20. The zero-order valence-corrected chi connectivity index (χ0v) is 17.3. The molecule has 0 amide bonds. The summed E-state index contributed by atoms with van der Waals surface area (Å²) in [5.74, 6) is 1.48. The molecule has 0 aliphatic heterocycles. The number of nitrogens with one attached hydrogen (secondary N) is 1. The molecule has 30 heavy (non-hydrogen) atoms. The van der Waals surface area contributed by atoms with E-state index in [9.17, 15) is 0 Å². The lowest BCUT2D eigenvalue weighted by molar-refractivity contribution is 0.943. The van der Waals surface area contributed by atoms with Crippen molar-refractivity contribution in [1.29, 1.82) is 0 Å².